The van der Waals surface area contributed by atoms with Gasteiger partial charge in [0.25, 0.3) is 0 Å². The molecule has 1 unspecified atom stereocenters. The Bertz CT molecular complexity index is 1180. The van der Waals surface area contributed by atoms with Crippen LogP contribution in [0.2, 0.25) is 0 Å². The minimum Gasteiger partial charge on any atom is -0.484 e. The molecule has 1 aromatic carbocycles. The van der Waals surface area contributed by atoms with Crippen molar-refractivity contribution in [2.75, 3.05) is 19.9 Å². The summed E-state index contributed by atoms with van der Waals surface area (Å²) in [6, 6.07) is 5.91. The highest BCUT2D eigenvalue weighted by Gasteiger charge is 2.69. The average molecular weight is 440 g/mol. The van der Waals surface area contributed by atoms with Crippen molar-refractivity contribution in [2.45, 2.75) is 56.1 Å². The average Bonchev–Trinajstić information content (AvgIpc) is 3.50. The van der Waals surface area contributed by atoms with E-state index in [1.807, 2.05) is 37.5 Å². The maximum absolute atomic E-state index is 13.4. The molecule has 4 aliphatic rings. The zero-order valence-corrected chi connectivity index (χ0v) is 17.8. The predicted octanol–water partition coefficient (Wildman–Crippen LogP) is 2.63. The molecule has 2 aromatic heterocycles. The normalized spacial score (nSPS) is 29.5. The van der Waals surface area contributed by atoms with Gasteiger partial charge in [-0.3, -0.25) is 4.98 Å². The Balaban J connectivity index is 1.24. The van der Waals surface area contributed by atoms with Gasteiger partial charge >= 0.3 is 0 Å². The first kappa shape index (κ1) is 20.0. The lowest BCUT2D eigenvalue weighted by molar-refractivity contribution is -0.0537. The molecule has 1 saturated carbocycles. The summed E-state index contributed by atoms with van der Waals surface area (Å²) >= 11 is 0. The summed E-state index contributed by atoms with van der Waals surface area (Å²) < 4.78 is 32.7. The number of aliphatic hydroxyl groups excluding tert-OH is 1. The summed E-state index contributed by atoms with van der Waals surface area (Å²) in [6.45, 7) is 2.49. The molecule has 7 rings (SSSR count). The van der Waals surface area contributed by atoms with Gasteiger partial charge in [-0.05, 0) is 42.7 Å². The molecule has 32 heavy (non-hydrogen) atoms. The lowest BCUT2D eigenvalue weighted by atomic mass is 9.66. The predicted molar refractivity (Wildman–Crippen MR) is 112 cm³/mol. The van der Waals surface area contributed by atoms with Gasteiger partial charge in [0.05, 0.1) is 37.1 Å². The van der Waals surface area contributed by atoms with Crippen molar-refractivity contribution in [3.05, 3.63) is 47.4 Å². The smallest absolute Gasteiger partial charge is 0.141 e. The molecule has 1 N–H and O–H groups in total. The van der Waals surface area contributed by atoms with Crippen molar-refractivity contribution in [1.82, 2.24) is 20.0 Å². The third-order valence-corrected chi connectivity index (χ3v) is 7.15. The second kappa shape index (κ2) is 7.19. The van der Waals surface area contributed by atoms with E-state index in [0.717, 1.165) is 28.6 Å². The standard InChI is InChI=1S/C23H25FN4O4/c1-14(20-8-28(27-26-20)23-11-22(12-23,13-24)32-21(23)9-29)31-16-2-3-19-18(6-16)17-4-5-30-10-15(17)7-25-19/h2-3,6-8,14,21,29H,4-5,9-13H2,1H3/t14-,21?,22?,23?/m1/s1. The zero-order valence-electron chi connectivity index (χ0n) is 17.8. The van der Waals surface area contributed by atoms with Gasteiger partial charge in [-0.1, -0.05) is 5.21 Å². The topological polar surface area (TPSA) is 91.5 Å². The summed E-state index contributed by atoms with van der Waals surface area (Å²) in [5.74, 6) is 0.733. The fourth-order valence-electron chi connectivity index (χ4n) is 5.49. The lowest BCUT2D eigenvalue weighted by Gasteiger charge is -2.43. The van der Waals surface area contributed by atoms with Crippen LogP contribution in [0.1, 0.15) is 42.7 Å². The Hall–Kier alpha value is -2.62. The molecular weight excluding hydrogens is 415 g/mol. The van der Waals surface area contributed by atoms with E-state index < -0.39 is 23.9 Å². The minimum atomic E-state index is -0.787. The molecule has 0 amide bonds. The van der Waals surface area contributed by atoms with E-state index in [4.69, 9.17) is 14.2 Å². The fourth-order valence-corrected chi connectivity index (χ4v) is 5.49. The van der Waals surface area contributed by atoms with Gasteiger partial charge < -0.3 is 19.3 Å². The summed E-state index contributed by atoms with van der Waals surface area (Å²) in [5.41, 5.74) is 2.67. The van der Waals surface area contributed by atoms with Crippen LogP contribution in [-0.4, -0.2) is 56.7 Å². The fraction of sp³-hybridized carbons (Fsp3) is 0.522. The number of hydrogen-bond donors (Lipinski definition) is 1. The van der Waals surface area contributed by atoms with Gasteiger partial charge in [0.1, 0.15) is 35.9 Å². The molecule has 2 bridgehead atoms. The van der Waals surface area contributed by atoms with Crippen molar-refractivity contribution >= 4 is 10.9 Å². The first-order valence-electron chi connectivity index (χ1n) is 11.0. The Morgan fingerprint density at radius 3 is 3.06 bits per heavy atom. The van der Waals surface area contributed by atoms with Crippen molar-refractivity contribution in [2.24, 2.45) is 0 Å². The molecular formula is C23H25FN4O4. The number of rotatable bonds is 6. The van der Waals surface area contributed by atoms with Crippen LogP contribution in [0.5, 0.6) is 5.75 Å². The largest absolute Gasteiger partial charge is 0.484 e. The van der Waals surface area contributed by atoms with E-state index in [1.165, 1.54) is 5.56 Å². The zero-order chi connectivity index (χ0) is 21.9. The molecule has 2 saturated heterocycles. The van der Waals surface area contributed by atoms with Crippen molar-refractivity contribution in [3.63, 3.8) is 0 Å². The number of alkyl halides is 1. The molecule has 2 atom stereocenters. The number of aliphatic hydroxyl groups is 1. The molecule has 0 radical (unpaired) electrons. The van der Waals surface area contributed by atoms with Gasteiger partial charge in [-0.2, -0.15) is 0 Å². The summed E-state index contributed by atoms with van der Waals surface area (Å²) in [6.07, 6.45) is 4.74. The number of fused-ring (bicyclic) bond motifs is 4. The van der Waals surface area contributed by atoms with Crippen molar-refractivity contribution in [1.29, 1.82) is 0 Å². The quantitative estimate of drug-likeness (QED) is 0.630. The Morgan fingerprint density at radius 1 is 1.38 bits per heavy atom. The van der Waals surface area contributed by atoms with Crippen LogP contribution in [0.3, 0.4) is 0 Å². The van der Waals surface area contributed by atoms with Crippen LogP contribution in [0.25, 0.3) is 10.9 Å². The van der Waals surface area contributed by atoms with E-state index >= 15 is 0 Å². The number of aromatic nitrogens is 4. The molecule has 3 aromatic rings. The van der Waals surface area contributed by atoms with E-state index in [9.17, 15) is 9.50 Å². The SMILES string of the molecule is C[C@@H](Oc1ccc2ncc3c(c2c1)CCOC3)c1cn(C23CC(CF)(C2)OC3CO)nn1. The minimum absolute atomic E-state index is 0.177. The number of pyridine rings is 1. The van der Waals surface area contributed by atoms with E-state index in [-0.39, 0.29) is 12.7 Å². The first-order valence-corrected chi connectivity index (χ1v) is 11.0. The molecule has 1 aliphatic carbocycles. The third kappa shape index (κ3) is 2.88. The molecule has 8 nitrogen and oxygen atoms in total. The van der Waals surface area contributed by atoms with Crippen LogP contribution in [-0.2, 0) is 28.0 Å². The Kier molecular flexibility index (Phi) is 4.50. The van der Waals surface area contributed by atoms with Gasteiger partial charge in [0.15, 0.2) is 0 Å². The van der Waals surface area contributed by atoms with Crippen LogP contribution in [0.15, 0.2) is 30.6 Å². The Morgan fingerprint density at radius 2 is 2.25 bits per heavy atom. The van der Waals surface area contributed by atoms with E-state index in [1.54, 1.807) is 4.68 Å². The number of nitrogens with zero attached hydrogens (tertiary/aromatic N) is 4. The highest BCUT2D eigenvalue weighted by Crippen LogP contribution is 2.59. The van der Waals surface area contributed by atoms with Gasteiger partial charge in [0.2, 0.25) is 0 Å². The molecule has 5 heterocycles. The molecule has 3 aliphatic heterocycles. The maximum Gasteiger partial charge on any atom is 0.141 e. The second-order valence-electron chi connectivity index (χ2n) is 9.15. The highest BCUT2D eigenvalue weighted by molar-refractivity contribution is 5.84. The number of benzene rings is 1. The molecule has 0 spiro atoms. The second-order valence-corrected chi connectivity index (χ2v) is 9.15. The number of ether oxygens (including phenoxy) is 3. The first-order chi connectivity index (χ1) is 15.6. The highest BCUT2D eigenvalue weighted by atomic mass is 19.1. The van der Waals surface area contributed by atoms with Crippen LogP contribution in [0, 0.1) is 0 Å². The molecule has 9 heteroatoms. The summed E-state index contributed by atoms with van der Waals surface area (Å²) in [7, 11) is 0. The van der Waals surface area contributed by atoms with Crippen LogP contribution in [0.4, 0.5) is 4.39 Å². The van der Waals surface area contributed by atoms with Gasteiger partial charge in [-0.15, -0.1) is 5.10 Å². The number of halogens is 1. The molecule has 3 fully saturated rings. The molecule has 168 valence electrons. The van der Waals surface area contributed by atoms with Crippen LogP contribution < -0.4 is 4.74 Å². The van der Waals surface area contributed by atoms with Gasteiger partial charge in [-0.25, -0.2) is 9.07 Å². The Labute approximate surface area is 184 Å². The van der Waals surface area contributed by atoms with Crippen molar-refractivity contribution in [3.8, 4) is 5.75 Å². The third-order valence-electron chi connectivity index (χ3n) is 7.15. The van der Waals surface area contributed by atoms with Crippen molar-refractivity contribution < 1.29 is 23.7 Å². The van der Waals surface area contributed by atoms with E-state index in [2.05, 4.69) is 15.3 Å². The summed E-state index contributed by atoms with van der Waals surface area (Å²) in [4.78, 5) is 4.54. The lowest BCUT2D eigenvalue weighted by Crippen LogP contribution is -2.54. The maximum atomic E-state index is 13.4. The monoisotopic (exact) mass is 440 g/mol. The summed E-state index contributed by atoms with van der Waals surface area (Å²) in [5, 5.41) is 19.4. The van der Waals surface area contributed by atoms with Gasteiger partial charge in [0, 0.05) is 24.4 Å². The van der Waals surface area contributed by atoms with Crippen LogP contribution >= 0.6 is 0 Å². The van der Waals surface area contributed by atoms with E-state index in [0.29, 0.717) is 31.7 Å². The number of hydrogen-bond acceptors (Lipinski definition) is 7.